The van der Waals surface area contributed by atoms with Crippen LogP contribution in [-0.2, 0) is 9.59 Å². The molecule has 132 valence electrons. The number of hydrogen-bond donors (Lipinski definition) is 3. The Morgan fingerprint density at radius 3 is 2.44 bits per heavy atom. The molecule has 4 N–H and O–H groups in total. The summed E-state index contributed by atoms with van der Waals surface area (Å²) in [5, 5.41) is 5.90. The number of ether oxygens (including phenoxy) is 2. The number of carbonyl (C=O) groups is 2. The minimum atomic E-state index is -0.550. The van der Waals surface area contributed by atoms with Gasteiger partial charge < -0.3 is 25.8 Å². The maximum Gasteiger partial charge on any atom is 0.255 e. The molecule has 1 atom stereocenters. The van der Waals surface area contributed by atoms with Gasteiger partial charge in [-0.3, -0.25) is 9.59 Å². The summed E-state index contributed by atoms with van der Waals surface area (Å²) in [6.45, 7) is 1.55. The van der Waals surface area contributed by atoms with E-state index in [0.717, 1.165) is 5.75 Å². The molecular formula is C18H21N3O4. The molecule has 0 unspecified atom stereocenters. The molecule has 0 heterocycles. The molecule has 2 aromatic rings. The van der Waals surface area contributed by atoms with Gasteiger partial charge in [0.25, 0.3) is 5.91 Å². The lowest BCUT2D eigenvalue weighted by Crippen LogP contribution is -2.31. The number of nitrogens with one attached hydrogen (secondary N) is 2. The fourth-order valence-electron chi connectivity index (χ4n) is 2.07. The summed E-state index contributed by atoms with van der Waals surface area (Å²) < 4.78 is 10.3. The maximum absolute atomic E-state index is 12.3. The van der Waals surface area contributed by atoms with Crippen LogP contribution in [0.25, 0.3) is 0 Å². The molecule has 7 heteroatoms. The zero-order valence-electron chi connectivity index (χ0n) is 14.1. The van der Waals surface area contributed by atoms with Crippen molar-refractivity contribution >= 4 is 23.2 Å². The van der Waals surface area contributed by atoms with Crippen LogP contribution in [0, 0.1) is 0 Å². The van der Waals surface area contributed by atoms with E-state index in [9.17, 15) is 9.59 Å². The average molecular weight is 343 g/mol. The van der Waals surface area contributed by atoms with Crippen LogP contribution >= 0.6 is 0 Å². The van der Waals surface area contributed by atoms with Gasteiger partial charge in [-0.1, -0.05) is 6.07 Å². The first-order valence-corrected chi connectivity index (χ1v) is 7.70. The van der Waals surface area contributed by atoms with E-state index in [2.05, 4.69) is 10.6 Å². The van der Waals surface area contributed by atoms with Crippen LogP contribution in [0.15, 0.2) is 48.5 Å². The van der Waals surface area contributed by atoms with E-state index in [4.69, 9.17) is 15.2 Å². The molecule has 0 spiro atoms. The van der Waals surface area contributed by atoms with Crippen LogP contribution < -0.4 is 25.8 Å². The Morgan fingerprint density at radius 1 is 1.08 bits per heavy atom. The summed E-state index contributed by atoms with van der Waals surface area (Å²) in [5.74, 6) is 0.475. The van der Waals surface area contributed by atoms with Crippen molar-refractivity contribution in [3.63, 3.8) is 0 Å². The van der Waals surface area contributed by atoms with Crippen molar-refractivity contribution in [1.29, 1.82) is 0 Å². The zero-order chi connectivity index (χ0) is 18.2. The lowest BCUT2D eigenvalue weighted by Gasteiger charge is -2.16. The molecule has 0 radical (unpaired) electrons. The fraction of sp³-hybridized carbons (Fsp3) is 0.222. The van der Waals surface area contributed by atoms with Gasteiger partial charge in [-0.05, 0) is 43.3 Å². The average Bonchev–Trinajstić information content (AvgIpc) is 2.61. The SMILES string of the molecule is COc1ccc(NC(=O)[C@H](C)Nc2cccc(OCC(N)=O)c2)cc1. The third-order valence-corrected chi connectivity index (χ3v) is 3.35. The third-order valence-electron chi connectivity index (χ3n) is 3.35. The van der Waals surface area contributed by atoms with Crippen molar-refractivity contribution in [3.8, 4) is 11.5 Å². The Bertz CT molecular complexity index is 731. The molecule has 0 aliphatic carbocycles. The predicted octanol–water partition coefficient (Wildman–Crippen LogP) is 2.00. The molecule has 0 aliphatic heterocycles. The standard InChI is InChI=1S/C18H21N3O4/c1-12(18(23)21-13-6-8-15(24-2)9-7-13)20-14-4-3-5-16(10-14)25-11-17(19)22/h3-10,12,20H,11H2,1-2H3,(H2,19,22)(H,21,23)/t12-/m0/s1. The van der Waals surface area contributed by atoms with Gasteiger partial charge >= 0.3 is 0 Å². The number of primary amides is 1. The van der Waals surface area contributed by atoms with E-state index in [1.54, 1.807) is 62.6 Å². The molecule has 25 heavy (non-hydrogen) atoms. The first-order chi connectivity index (χ1) is 12.0. The highest BCUT2D eigenvalue weighted by Gasteiger charge is 2.13. The van der Waals surface area contributed by atoms with E-state index < -0.39 is 11.9 Å². The number of methoxy groups -OCH3 is 1. The van der Waals surface area contributed by atoms with E-state index in [0.29, 0.717) is 17.1 Å². The van der Waals surface area contributed by atoms with Crippen LogP contribution in [0.5, 0.6) is 11.5 Å². The normalized spacial score (nSPS) is 11.3. The Morgan fingerprint density at radius 2 is 1.80 bits per heavy atom. The van der Waals surface area contributed by atoms with E-state index >= 15 is 0 Å². The van der Waals surface area contributed by atoms with Crippen LogP contribution in [0.4, 0.5) is 11.4 Å². The lowest BCUT2D eigenvalue weighted by atomic mass is 10.2. The van der Waals surface area contributed by atoms with Gasteiger partial charge in [0.1, 0.15) is 17.5 Å². The topological polar surface area (TPSA) is 103 Å². The molecule has 0 bridgehead atoms. The Balaban J connectivity index is 1.93. The van der Waals surface area contributed by atoms with Crippen LogP contribution in [0.2, 0.25) is 0 Å². The molecule has 2 rings (SSSR count). The molecule has 0 fully saturated rings. The minimum absolute atomic E-state index is 0.186. The van der Waals surface area contributed by atoms with E-state index in [1.165, 1.54) is 0 Å². The van der Waals surface area contributed by atoms with Crippen molar-refractivity contribution in [2.75, 3.05) is 24.4 Å². The number of anilines is 2. The van der Waals surface area contributed by atoms with Gasteiger partial charge in [0.2, 0.25) is 5.91 Å². The van der Waals surface area contributed by atoms with Crippen molar-refractivity contribution in [2.24, 2.45) is 5.73 Å². The van der Waals surface area contributed by atoms with Gasteiger partial charge in [0, 0.05) is 17.4 Å². The number of hydrogen-bond acceptors (Lipinski definition) is 5. The monoisotopic (exact) mass is 343 g/mol. The highest BCUT2D eigenvalue weighted by atomic mass is 16.5. The highest BCUT2D eigenvalue weighted by Crippen LogP contribution is 2.19. The number of amides is 2. The second kappa shape index (κ2) is 8.58. The number of rotatable bonds is 8. The number of benzene rings is 2. The summed E-state index contributed by atoms with van der Waals surface area (Å²) in [5.41, 5.74) is 6.42. The summed E-state index contributed by atoms with van der Waals surface area (Å²) in [4.78, 5) is 23.0. The predicted molar refractivity (Wildman–Crippen MR) is 95.8 cm³/mol. The molecule has 0 aromatic heterocycles. The quantitative estimate of drug-likeness (QED) is 0.680. The van der Waals surface area contributed by atoms with Gasteiger partial charge in [0.05, 0.1) is 7.11 Å². The first kappa shape index (κ1) is 18.1. The molecule has 7 nitrogen and oxygen atoms in total. The van der Waals surface area contributed by atoms with Crippen LogP contribution in [-0.4, -0.2) is 31.6 Å². The van der Waals surface area contributed by atoms with Crippen LogP contribution in [0.1, 0.15) is 6.92 Å². The Hall–Kier alpha value is -3.22. The van der Waals surface area contributed by atoms with Crippen molar-refractivity contribution in [1.82, 2.24) is 0 Å². The first-order valence-electron chi connectivity index (χ1n) is 7.70. The van der Waals surface area contributed by atoms with Crippen molar-refractivity contribution in [2.45, 2.75) is 13.0 Å². The highest BCUT2D eigenvalue weighted by molar-refractivity contribution is 5.96. The van der Waals surface area contributed by atoms with Gasteiger partial charge in [-0.25, -0.2) is 0 Å². The summed E-state index contributed by atoms with van der Waals surface area (Å²) >= 11 is 0. The van der Waals surface area contributed by atoms with Gasteiger partial charge in [-0.15, -0.1) is 0 Å². The zero-order valence-corrected chi connectivity index (χ0v) is 14.1. The molecule has 2 aromatic carbocycles. The summed E-state index contributed by atoms with van der Waals surface area (Å²) in [6.07, 6.45) is 0. The van der Waals surface area contributed by atoms with Crippen molar-refractivity contribution < 1.29 is 19.1 Å². The molecule has 0 saturated carbocycles. The fourth-order valence-corrected chi connectivity index (χ4v) is 2.07. The van der Waals surface area contributed by atoms with Crippen LogP contribution in [0.3, 0.4) is 0 Å². The second-order valence-electron chi connectivity index (χ2n) is 5.37. The Kier molecular flexibility index (Phi) is 6.22. The smallest absolute Gasteiger partial charge is 0.255 e. The van der Waals surface area contributed by atoms with Crippen molar-refractivity contribution in [3.05, 3.63) is 48.5 Å². The minimum Gasteiger partial charge on any atom is -0.497 e. The second-order valence-corrected chi connectivity index (χ2v) is 5.37. The molecule has 2 amide bonds. The lowest BCUT2D eigenvalue weighted by molar-refractivity contribution is -0.120. The van der Waals surface area contributed by atoms with Gasteiger partial charge in [-0.2, -0.15) is 0 Å². The molecular weight excluding hydrogens is 322 g/mol. The molecule has 0 saturated heterocycles. The number of nitrogens with two attached hydrogens (primary N) is 1. The summed E-state index contributed by atoms with van der Waals surface area (Å²) in [7, 11) is 1.58. The van der Waals surface area contributed by atoms with E-state index in [-0.39, 0.29) is 12.5 Å². The molecule has 0 aliphatic rings. The Labute approximate surface area is 146 Å². The summed E-state index contributed by atoms with van der Waals surface area (Å²) in [6, 6.07) is 13.6. The number of carbonyl (C=O) groups excluding carboxylic acids is 2. The van der Waals surface area contributed by atoms with Gasteiger partial charge in [0.15, 0.2) is 6.61 Å². The largest absolute Gasteiger partial charge is 0.497 e. The maximum atomic E-state index is 12.3. The van der Waals surface area contributed by atoms with E-state index in [1.807, 2.05) is 0 Å². The third kappa shape index (κ3) is 5.72.